The van der Waals surface area contributed by atoms with E-state index in [0.717, 1.165) is 31.3 Å². The van der Waals surface area contributed by atoms with Gasteiger partial charge in [0.25, 0.3) is 5.56 Å². The zero-order valence-electron chi connectivity index (χ0n) is 16.3. The van der Waals surface area contributed by atoms with E-state index in [0.29, 0.717) is 42.4 Å². The number of nitrogens with zero attached hydrogens (tertiary/aromatic N) is 3. The molecular weight excluding hydrogens is 360 g/mol. The van der Waals surface area contributed by atoms with E-state index in [1.807, 2.05) is 13.8 Å². The predicted molar refractivity (Wildman–Crippen MR) is 104 cm³/mol. The standard InChI is InChI=1S/C20H26N4O4/c1-3-5-23-18-16(19(27)24(6-4-2)20(23)28)21-17(22-18)14-9-11-7-12(10-15(25)26)13(14)8-11/h10-11,13-14H,3-9H2,1-2H3,(H,21,22)(H,25,26). The van der Waals surface area contributed by atoms with Gasteiger partial charge in [0.05, 0.1) is 0 Å². The van der Waals surface area contributed by atoms with E-state index < -0.39 is 5.97 Å². The number of carboxylic acids is 1. The van der Waals surface area contributed by atoms with Crippen molar-refractivity contribution in [3.63, 3.8) is 0 Å². The van der Waals surface area contributed by atoms with Gasteiger partial charge in [0.2, 0.25) is 0 Å². The van der Waals surface area contributed by atoms with Gasteiger partial charge < -0.3 is 10.1 Å². The molecule has 2 N–H and O–H groups in total. The summed E-state index contributed by atoms with van der Waals surface area (Å²) in [6.45, 7) is 4.81. The summed E-state index contributed by atoms with van der Waals surface area (Å²) in [6.07, 6.45) is 5.52. The van der Waals surface area contributed by atoms with Crippen LogP contribution in [0.3, 0.4) is 0 Å². The third-order valence-electron chi connectivity index (χ3n) is 6.09. The molecule has 2 fully saturated rings. The molecule has 0 aliphatic heterocycles. The van der Waals surface area contributed by atoms with E-state index in [2.05, 4.69) is 9.97 Å². The van der Waals surface area contributed by atoms with Crippen LogP contribution in [0.2, 0.25) is 0 Å². The number of aryl methyl sites for hydroxylation is 1. The van der Waals surface area contributed by atoms with Gasteiger partial charge in [-0.3, -0.25) is 13.9 Å². The molecule has 28 heavy (non-hydrogen) atoms. The van der Waals surface area contributed by atoms with Gasteiger partial charge in [0.1, 0.15) is 11.3 Å². The Balaban J connectivity index is 1.83. The van der Waals surface area contributed by atoms with Gasteiger partial charge in [0.15, 0.2) is 5.65 Å². The summed E-state index contributed by atoms with van der Waals surface area (Å²) >= 11 is 0. The molecule has 2 bridgehead atoms. The van der Waals surface area contributed by atoms with Gasteiger partial charge in [-0.1, -0.05) is 19.4 Å². The molecule has 0 aromatic carbocycles. The molecule has 8 nitrogen and oxygen atoms in total. The lowest BCUT2D eigenvalue weighted by atomic mass is 9.84. The van der Waals surface area contributed by atoms with E-state index >= 15 is 0 Å². The molecule has 2 saturated carbocycles. The Kier molecular flexibility index (Phi) is 4.72. The Morgan fingerprint density at radius 1 is 1.18 bits per heavy atom. The first-order chi connectivity index (χ1) is 13.4. The third-order valence-corrected chi connectivity index (χ3v) is 6.09. The summed E-state index contributed by atoms with van der Waals surface area (Å²) in [4.78, 5) is 44.7. The fourth-order valence-electron chi connectivity index (χ4n) is 5.04. The minimum atomic E-state index is -0.912. The molecule has 2 aromatic heterocycles. The highest BCUT2D eigenvalue weighted by Crippen LogP contribution is 2.55. The summed E-state index contributed by atoms with van der Waals surface area (Å²) < 4.78 is 2.88. The van der Waals surface area contributed by atoms with Crippen LogP contribution in [0, 0.1) is 11.8 Å². The number of aliphatic carboxylic acids is 1. The molecule has 8 heteroatoms. The second-order valence-corrected chi connectivity index (χ2v) is 8.02. The van der Waals surface area contributed by atoms with Crippen LogP contribution >= 0.6 is 0 Å². The Hall–Kier alpha value is -2.64. The minimum Gasteiger partial charge on any atom is -0.478 e. The highest BCUT2D eigenvalue weighted by Gasteiger charge is 2.45. The molecule has 3 atom stereocenters. The highest BCUT2D eigenvalue weighted by molar-refractivity contribution is 5.81. The van der Waals surface area contributed by atoms with E-state index in [4.69, 9.17) is 5.11 Å². The largest absolute Gasteiger partial charge is 0.478 e. The SMILES string of the molecule is CCCn1c(=O)c2[nH]c(C3CC4CC(=CC(=O)O)C3C4)nc2n(CCC)c1=O. The van der Waals surface area contributed by atoms with Crippen molar-refractivity contribution >= 4 is 17.1 Å². The third kappa shape index (κ3) is 2.91. The van der Waals surface area contributed by atoms with Crippen molar-refractivity contribution in [2.24, 2.45) is 11.8 Å². The van der Waals surface area contributed by atoms with Crippen LogP contribution in [0.5, 0.6) is 0 Å². The van der Waals surface area contributed by atoms with Gasteiger partial charge in [-0.2, -0.15) is 0 Å². The summed E-state index contributed by atoms with van der Waals surface area (Å²) in [5.41, 5.74) is 1.13. The second kappa shape index (κ2) is 7.07. The molecule has 4 rings (SSSR count). The first kappa shape index (κ1) is 18.7. The topological polar surface area (TPSA) is 110 Å². The quantitative estimate of drug-likeness (QED) is 0.740. The maximum Gasteiger partial charge on any atom is 0.332 e. The van der Waals surface area contributed by atoms with Crippen molar-refractivity contribution in [1.29, 1.82) is 0 Å². The maximum absolute atomic E-state index is 12.9. The van der Waals surface area contributed by atoms with Crippen molar-refractivity contribution < 1.29 is 9.90 Å². The van der Waals surface area contributed by atoms with E-state index in [1.54, 1.807) is 4.57 Å². The first-order valence-electron chi connectivity index (χ1n) is 10.1. The van der Waals surface area contributed by atoms with Gasteiger partial charge in [0, 0.05) is 25.1 Å². The molecule has 2 aliphatic carbocycles. The molecule has 0 saturated heterocycles. The van der Waals surface area contributed by atoms with Gasteiger partial charge in [-0.15, -0.1) is 0 Å². The number of imidazole rings is 1. The normalized spacial score (nSPS) is 25.2. The number of aromatic amines is 1. The van der Waals surface area contributed by atoms with Gasteiger partial charge >= 0.3 is 11.7 Å². The van der Waals surface area contributed by atoms with E-state index in [1.165, 1.54) is 10.6 Å². The Labute approximate surface area is 161 Å². The number of nitrogens with one attached hydrogen (secondary N) is 1. The molecular formula is C20H26N4O4. The van der Waals surface area contributed by atoms with Crippen LogP contribution in [-0.4, -0.2) is 30.2 Å². The Morgan fingerprint density at radius 3 is 2.50 bits per heavy atom. The fraction of sp³-hybridized carbons (Fsp3) is 0.600. The number of carboxylic acid groups (broad SMARTS) is 1. The monoisotopic (exact) mass is 386 g/mol. The summed E-state index contributed by atoms with van der Waals surface area (Å²) in [7, 11) is 0. The lowest BCUT2D eigenvalue weighted by Gasteiger charge is -2.22. The summed E-state index contributed by atoms with van der Waals surface area (Å²) in [6, 6.07) is 0. The van der Waals surface area contributed by atoms with Crippen molar-refractivity contribution in [3.05, 3.63) is 38.3 Å². The van der Waals surface area contributed by atoms with Crippen molar-refractivity contribution in [2.75, 3.05) is 0 Å². The Bertz CT molecular complexity index is 1070. The minimum absolute atomic E-state index is 0.0703. The molecule has 3 unspecified atom stereocenters. The van der Waals surface area contributed by atoms with Crippen molar-refractivity contribution in [3.8, 4) is 0 Å². The predicted octanol–water partition coefficient (Wildman–Crippen LogP) is 2.23. The lowest BCUT2D eigenvalue weighted by Crippen LogP contribution is -2.40. The number of rotatable bonds is 6. The van der Waals surface area contributed by atoms with Crippen LogP contribution in [-0.2, 0) is 17.9 Å². The van der Waals surface area contributed by atoms with Crippen molar-refractivity contribution in [1.82, 2.24) is 19.1 Å². The fourth-order valence-corrected chi connectivity index (χ4v) is 5.04. The van der Waals surface area contributed by atoms with Crippen LogP contribution < -0.4 is 11.2 Å². The number of aromatic nitrogens is 4. The molecule has 0 amide bonds. The van der Waals surface area contributed by atoms with Gasteiger partial charge in [-0.25, -0.2) is 14.6 Å². The van der Waals surface area contributed by atoms with Gasteiger partial charge in [-0.05, 0) is 43.9 Å². The number of fused-ring (bicyclic) bond motifs is 3. The summed E-state index contributed by atoms with van der Waals surface area (Å²) in [5, 5.41) is 9.13. The molecule has 2 aromatic rings. The summed E-state index contributed by atoms with van der Waals surface area (Å²) in [5.74, 6) is 0.467. The first-order valence-corrected chi connectivity index (χ1v) is 10.1. The highest BCUT2D eigenvalue weighted by atomic mass is 16.4. The number of hydrogen-bond acceptors (Lipinski definition) is 4. The van der Waals surface area contributed by atoms with Crippen molar-refractivity contribution in [2.45, 2.75) is 65.0 Å². The lowest BCUT2D eigenvalue weighted by molar-refractivity contribution is -0.131. The van der Waals surface area contributed by atoms with Crippen LogP contribution in [0.4, 0.5) is 0 Å². The smallest absolute Gasteiger partial charge is 0.332 e. The Morgan fingerprint density at radius 2 is 1.86 bits per heavy atom. The molecule has 2 aliphatic rings. The molecule has 2 heterocycles. The molecule has 0 spiro atoms. The zero-order valence-corrected chi connectivity index (χ0v) is 16.3. The number of allylic oxidation sites excluding steroid dienone is 1. The zero-order chi connectivity index (χ0) is 20.0. The van der Waals surface area contributed by atoms with Crippen LogP contribution in [0.1, 0.15) is 57.7 Å². The average Bonchev–Trinajstić information content (AvgIpc) is 3.35. The van der Waals surface area contributed by atoms with E-state index in [-0.39, 0.29) is 23.1 Å². The number of carbonyl (C=O) groups is 1. The maximum atomic E-state index is 12.9. The molecule has 150 valence electrons. The second-order valence-electron chi connectivity index (χ2n) is 8.02. The van der Waals surface area contributed by atoms with Crippen LogP contribution in [0.15, 0.2) is 21.2 Å². The molecule has 0 radical (unpaired) electrons. The average molecular weight is 386 g/mol. The number of H-pyrrole nitrogens is 1. The van der Waals surface area contributed by atoms with E-state index in [9.17, 15) is 14.4 Å². The number of hydrogen-bond donors (Lipinski definition) is 2. The van der Waals surface area contributed by atoms with Crippen LogP contribution in [0.25, 0.3) is 11.2 Å².